The highest BCUT2D eigenvalue weighted by Crippen LogP contribution is 2.42. The summed E-state index contributed by atoms with van der Waals surface area (Å²) in [6.07, 6.45) is -0.725. The maximum absolute atomic E-state index is 12.0. The molecule has 2 aromatic carbocycles. The fourth-order valence-electron chi connectivity index (χ4n) is 3.75. The summed E-state index contributed by atoms with van der Waals surface area (Å²) in [6.45, 7) is 11.1. The van der Waals surface area contributed by atoms with Gasteiger partial charge in [-0.15, -0.1) is 0 Å². The first-order chi connectivity index (χ1) is 19.5. The van der Waals surface area contributed by atoms with E-state index in [1.54, 1.807) is 69.3 Å². The van der Waals surface area contributed by atoms with Crippen LogP contribution in [0.4, 0.5) is 10.5 Å². The van der Waals surface area contributed by atoms with Gasteiger partial charge in [-0.3, -0.25) is 4.79 Å². The molecule has 0 fully saturated rings. The molecule has 0 unspecified atom stereocenters. The minimum absolute atomic E-state index is 0.224. The van der Waals surface area contributed by atoms with Gasteiger partial charge in [0.05, 0.1) is 10.3 Å². The number of ether oxygens (including phenoxy) is 2. The Morgan fingerprint density at radius 3 is 2.24 bits per heavy atom. The maximum atomic E-state index is 12.0. The summed E-state index contributed by atoms with van der Waals surface area (Å²) < 4.78 is 51.9. The van der Waals surface area contributed by atoms with Crippen LogP contribution in [0.1, 0.15) is 41.5 Å². The van der Waals surface area contributed by atoms with Crippen molar-refractivity contribution in [2.24, 2.45) is 10.2 Å². The van der Waals surface area contributed by atoms with Gasteiger partial charge in [0.15, 0.2) is 0 Å². The molecule has 222 valence electrons. The van der Waals surface area contributed by atoms with Crippen LogP contribution < -0.4 is 16.3 Å². The monoisotopic (exact) mass is 596 g/mol. The average Bonchev–Trinajstić information content (AvgIpc) is 2.88. The standard InChI is InChI=1S/C24H22N4O6S.C5H10O2/c1-24(2,3)34-23(29)28-27-15-9-11-17-20(13-15)33-19-12-14(26-25)8-10-16(19)22(17)18-6-4-5-7-21(18)35(30,31)32;1-5(2,3)7-4-6/h4-13,25H,1-3H3,(H,28,29)(H,30,31,32);4H,1-3H3. The number of nitrogens with one attached hydrogen (secondary N) is 1. The van der Waals surface area contributed by atoms with Gasteiger partial charge in [0.1, 0.15) is 38.4 Å². The summed E-state index contributed by atoms with van der Waals surface area (Å²) in [5.74, 6) is 0.326. The Hall–Kier alpha value is -4.62. The summed E-state index contributed by atoms with van der Waals surface area (Å²) in [7, 11) is -4.77. The van der Waals surface area contributed by atoms with Gasteiger partial charge >= 0.3 is 6.09 Å². The van der Waals surface area contributed by atoms with Gasteiger partial charge in [0.25, 0.3) is 6.47 Å². The number of fused-ring (bicyclic) bond motifs is 2. The predicted octanol–water partition coefficient (Wildman–Crippen LogP) is 4.25. The largest absolute Gasteiger partial charge is 0.744 e. The van der Waals surface area contributed by atoms with Gasteiger partial charge in [-0.05, 0) is 77.0 Å². The molecule has 12 nitrogen and oxygen atoms in total. The number of amides is 1. The lowest BCUT2D eigenvalue weighted by molar-refractivity contribution is -0.210. The smallest absolute Gasteiger partial charge is 0.428 e. The van der Waals surface area contributed by atoms with Crippen LogP contribution in [0.5, 0.6) is 0 Å². The second kappa shape index (κ2) is 12.5. The molecule has 0 aromatic heterocycles. The number of carbonyl (C=O) groups is 2. The van der Waals surface area contributed by atoms with Gasteiger partial charge in [-0.25, -0.2) is 18.6 Å². The molecule has 0 radical (unpaired) electrons. The van der Waals surface area contributed by atoms with E-state index in [2.05, 4.69) is 20.4 Å². The number of rotatable bonds is 5. The fourth-order valence-corrected chi connectivity index (χ4v) is 4.44. The Labute approximate surface area is 242 Å². The van der Waals surface area contributed by atoms with Gasteiger partial charge in [0.2, 0.25) is 0 Å². The van der Waals surface area contributed by atoms with Crippen molar-refractivity contribution in [2.75, 3.05) is 0 Å². The van der Waals surface area contributed by atoms with Crippen molar-refractivity contribution in [3.05, 3.63) is 66.0 Å². The van der Waals surface area contributed by atoms with Crippen LogP contribution >= 0.6 is 0 Å². The lowest BCUT2D eigenvalue weighted by atomic mass is 9.93. The molecule has 1 aliphatic heterocycles. The highest BCUT2D eigenvalue weighted by atomic mass is 32.2. The van der Waals surface area contributed by atoms with E-state index in [1.165, 1.54) is 12.1 Å². The molecule has 2 aliphatic rings. The van der Waals surface area contributed by atoms with E-state index >= 15 is 0 Å². The van der Waals surface area contributed by atoms with Gasteiger partial charge in [-0.2, -0.15) is 10.6 Å². The van der Waals surface area contributed by atoms with Gasteiger partial charge in [-0.1, -0.05) is 18.2 Å². The lowest BCUT2D eigenvalue weighted by Crippen LogP contribution is -2.30. The zero-order valence-electron chi connectivity index (χ0n) is 24.0. The zero-order valence-corrected chi connectivity index (χ0v) is 24.8. The third-order valence-electron chi connectivity index (χ3n) is 5.34. The molecule has 0 spiro atoms. The molecule has 2 aromatic rings. The third kappa shape index (κ3) is 8.44. The van der Waals surface area contributed by atoms with E-state index in [4.69, 9.17) is 14.7 Å². The quantitative estimate of drug-likeness (QED) is 0.113. The molecule has 13 heteroatoms. The number of nitrogens with zero attached hydrogens (tertiary/aromatic N) is 2. The summed E-state index contributed by atoms with van der Waals surface area (Å²) in [6, 6.07) is 15.7. The molecule has 3 N–H and O–H groups in total. The number of hydrogen-bond donors (Lipinski definition) is 2. The Balaban J connectivity index is 0.000000616. The Morgan fingerprint density at radius 2 is 1.67 bits per heavy atom. The lowest BCUT2D eigenvalue weighted by Gasteiger charge is -2.19. The summed E-state index contributed by atoms with van der Waals surface area (Å²) in [5.41, 5.74) is 8.75. The van der Waals surface area contributed by atoms with E-state index in [9.17, 15) is 22.6 Å². The molecule has 0 saturated carbocycles. The van der Waals surface area contributed by atoms with Crippen molar-refractivity contribution in [3.8, 4) is 22.5 Å². The molecule has 42 heavy (non-hydrogen) atoms. The van der Waals surface area contributed by atoms with E-state index in [-0.39, 0.29) is 16.1 Å². The normalized spacial score (nSPS) is 12.3. The first-order valence-corrected chi connectivity index (χ1v) is 14.0. The molecule has 0 saturated heterocycles. The van der Waals surface area contributed by atoms with E-state index < -0.39 is 21.8 Å². The number of carbonyl (C=O) groups excluding carboxylic acids is 2. The molecule has 1 amide bonds. The van der Waals surface area contributed by atoms with E-state index in [0.29, 0.717) is 45.4 Å². The molecule has 1 heterocycles. The van der Waals surface area contributed by atoms with Gasteiger partial charge in [0, 0.05) is 34.2 Å². The van der Waals surface area contributed by atoms with Crippen molar-refractivity contribution < 1.29 is 42.0 Å². The molecule has 4 rings (SSSR count). The molecular formula is C29H32N4O8S. The Morgan fingerprint density at radius 1 is 0.976 bits per heavy atom. The Kier molecular flexibility index (Phi) is 9.49. The van der Waals surface area contributed by atoms with Crippen LogP contribution in [0, 0.1) is 0 Å². The number of benzene rings is 3. The zero-order chi connectivity index (χ0) is 31.3. The molecular weight excluding hydrogens is 564 g/mol. The molecule has 1 aliphatic carbocycles. The number of nitrogens with two attached hydrogens (primary N) is 1. The highest BCUT2D eigenvalue weighted by Gasteiger charge is 2.21. The average molecular weight is 597 g/mol. The van der Waals surface area contributed by atoms with Crippen molar-refractivity contribution in [3.63, 3.8) is 0 Å². The second-order valence-electron chi connectivity index (χ2n) is 11.0. The first-order valence-electron chi connectivity index (χ1n) is 12.6. The molecule has 0 atom stereocenters. The van der Waals surface area contributed by atoms with Crippen molar-refractivity contribution in [1.29, 1.82) is 0 Å². The van der Waals surface area contributed by atoms with E-state index in [1.807, 2.05) is 20.8 Å². The van der Waals surface area contributed by atoms with Crippen molar-refractivity contribution in [2.45, 2.75) is 57.6 Å². The Bertz CT molecular complexity index is 1770. The predicted molar refractivity (Wildman–Crippen MR) is 152 cm³/mol. The SMILES string of the molecule is CC(C)(C)OC(=O)NN=c1ccc2c(-c3ccccc3S(=O)(=O)[O-])c3ccc(N=[NH2+])cc3oc-2c1.CC(C)(C)OC=O. The van der Waals surface area contributed by atoms with Crippen LogP contribution in [0.15, 0.2) is 80.2 Å². The van der Waals surface area contributed by atoms with E-state index in [0.717, 1.165) is 0 Å². The minimum Gasteiger partial charge on any atom is -0.744 e. The third-order valence-corrected chi connectivity index (χ3v) is 6.24. The fraction of sp³-hybridized carbons (Fsp3) is 0.276. The highest BCUT2D eigenvalue weighted by molar-refractivity contribution is 7.85. The van der Waals surface area contributed by atoms with Crippen LogP contribution in [-0.4, -0.2) is 36.7 Å². The summed E-state index contributed by atoms with van der Waals surface area (Å²) >= 11 is 0. The summed E-state index contributed by atoms with van der Waals surface area (Å²) in [4.78, 5) is 21.2. The molecule has 0 bridgehead atoms. The second-order valence-corrected chi connectivity index (χ2v) is 12.3. The van der Waals surface area contributed by atoms with Crippen LogP contribution in [0.25, 0.3) is 33.4 Å². The summed E-state index contributed by atoms with van der Waals surface area (Å²) in [5, 5.41) is 8.62. The van der Waals surface area contributed by atoms with Crippen LogP contribution in [-0.2, 0) is 24.4 Å². The first kappa shape index (κ1) is 31.9. The minimum atomic E-state index is -4.77. The van der Waals surface area contributed by atoms with Crippen LogP contribution in [0.3, 0.4) is 0 Å². The maximum Gasteiger partial charge on any atom is 0.428 e. The topological polar surface area (TPSA) is 185 Å². The van der Waals surface area contributed by atoms with Crippen LogP contribution in [0.2, 0.25) is 0 Å². The van der Waals surface area contributed by atoms with Crippen molar-refractivity contribution in [1.82, 2.24) is 5.43 Å². The van der Waals surface area contributed by atoms with Crippen molar-refractivity contribution >= 4 is 39.3 Å². The van der Waals surface area contributed by atoms with Gasteiger partial charge < -0.3 is 18.4 Å². The number of hydrogen-bond acceptors (Lipinski definition) is 10.